The van der Waals surface area contributed by atoms with Crippen molar-refractivity contribution < 1.29 is 14.2 Å². The van der Waals surface area contributed by atoms with Crippen LogP contribution in [0, 0.1) is 0 Å². The summed E-state index contributed by atoms with van der Waals surface area (Å²) < 4.78 is 17.3. The Bertz CT molecular complexity index is 88.6. The second kappa shape index (κ2) is 8.94. The summed E-state index contributed by atoms with van der Waals surface area (Å²) in [6.45, 7) is 0.455. The van der Waals surface area contributed by atoms with E-state index in [1.807, 2.05) is 0 Å². The first kappa shape index (κ1) is 11.8. The second-order valence-corrected chi connectivity index (χ2v) is 2.98. The molecule has 0 aromatic carbocycles. The molecule has 0 bridgehead atoms. The van der Waals surface area contributed by atoms with Crippen LogP contribution in [0.25, 0.3) is 0 Å². The predicted octanol–water partition coefficient (Wildman–Crippen LogP) is 1.91. The highest BCUT2D eigenvalue weighted by molar-refractivity contribution is 4.53. The van der Waals surface area contributed by atoms with Crippen LogP contribution in [0.3, 0.4) is 0 Å². The van der Waals surface area contributed by atoms with Crippen LogP contribution in [0.2, 0.25) is 0 Å². The van der Waals surface area contributed by atoms with Gasteiger partial charge in [0.05, 0.1) is 6.61 Å². The van der Waals surface area contributed by atoms with Crippen LogP contribution < -0.4 is 0 Å². The Hall–Kier alpha value is -0.150. The van der Waals surface area contributed by atoms with Crippen molar-refractivity contribution in [2.24, 2.45) is 0 Å². The van der Waals surface area contributed by atoms with E-state index in [0.717, 1.165) is 32.3 Å². The zero-order valence-corrected chi connectivity index (χ0v) is 7.76. The molecule has 1 N–H and O–H groups in total. The van der Waals surface area contributed by atoms with Gasteiger partial charge in [0, 0.05) is 13.7 Å². The Labute approximate surface area is 73.7 Å². The average molecular weight is 178 g/mol. The number of alkyl halides is 1. The topological polar surface area (TPSA) is 29.5 Å². The maximum Gasteiger partial charge on any atom is 0.123 e. The molecule has 0 heterocycles. The zero-order valence-electron chi connectivity index (χ0n) is 7.76. The quantitative estimate of drug-likeness (QED) is 0.575. The third-order valence-corrected chi connectivity index (χ3v) is 1.81. The molecule has 0 aromatic heterocycles. The summed E-state index contributed by atoms with van der Waals surface area (Å²) >= 11 is 0. The molecule has 0 spiro atoms. The van der Waals surface area contributed by atoms with E-state index in [2.05, 4.69) is 0 Å². The summed E-state index contributed by atoms with van der Waals surface area (Å²) in [6.07, 6.45) is 3.50. The molecule has 0 saturated heterocycles. The number of halogens is 1. The molecule has 0 unspecified atom stereocenters. The van der Waals surface area contributed by atoms with E-state index < -0.39 is 6.17 Å². The van der Waals surface area contributed by atoms with Crippen molar-refractivity contribution in [2.75, 3.05) is 20.3 Å². The van der Waals surface area contributed by atoms with E-state index in [1.54, 1.807) is 7.11 Å². The van der Waals surface area contributed by atoms with Crippen molar-refractivity contribution in [3.8, 4) is 0 Å². The van der Waals surface area contributed by atoms with Gasteiger partial charge < -0.3 is 9.84 Å². The lowest BCUT2D eigenvalue weighted by molar-refractivity contribution is 0.165. The lowest BCUT2D eigenvalue weighted by Crippen LogP contribution is -2.05. The van der Waals surface area contributed by atoms with E-state index >= 15 is 0 Å². The van der Waals surface area contributed by atoms with E-state index in [4.69, 9.17) is 9.84 Å². The molecule has 0 saturated carbocycles. The summed E-state index contributed by atoms with van der Waals surface area (Å²) in [6, 6.07) is 0. The fourth-order valence-electron chi connectivity index (χ4n) is 1.06. The van der Waals surface area contributed by atoms with Crippen LogP contribution in [0.5, 0.6) is 0 Å². The van der Waals surface area contributed by atoms with Gasteiger partial charge in [-0.1, -0.05) is 19.3 Å². The Morgan fingerprint density at radius 3 is 2.50 bits per heavy atom. The number of methoxy groups -OCH3 is 1. The van der Waals surface area contributed by atoms with Gasteiger partial charge in [-0.2, -0.15) is 0 Å². The van der Waals surface area contributed by atoms with Gasteiger partial charge >= 0.3 is 0 Å². The van der Waals surface area contributed by atoms with Crippen molar-refractivity contribution in [3.05, 3.63) is 0 Å². The molecule has 0 amide bonds. The molecule has 0 aliphatic rings. The van der Waals surface area contributed by atoms with Crippen LogP contribution in [0.15, 0.2) is 0 Å². The fourth-order valence-corrected chi connectivity index (χ4v) is 1.06. The number of aliphatic hydroxyl groups is 1. The van der Waals surface area contributed by atoms with E-state index in [0.29, 0.717) is 6.42 Å². The predicted molar refractivity (Wildman–Crippen MR) is 46.9 cm³/mol. The minimum atomic E-state index is -1.02. The normalized spacial score (nSPS) is 13.2. The largest absolute Gasteiger partial charge is 0.393 e. The summed E-state index contributed by atoms with van der Waals surface area (Å²) in [5, 5.41) is 8.38. The van der Waals surface area contributed by atoms with E-state index in [9.17, 15) is 4.39 Å². The van der Waals surface area contributed by atoms with Gasteiger partial charge in [0.25, 0.3) is 0 Å². The molecule has 0 radical (unpaired) electrons. The molecule has 0 fully saturated rings. The maximum absolute atomic E-state index is 12.4. The highest BCUT2D eigenvalue weighted by Crippen LogP contribution is 2.07. The summed E-state index contributed by atoms with van der Waals surface area (Å²) in [4.78, 5) is 0. The number of unbranched alkanes of at least 4 members (excludes halogenated alkanes) is 3. The minimum Gasteiger partial charge on any atom is -0.393 e. The van der Waals surface area contributed by atoms with Crippen molar-refractivity contribution in [3.63, 3.8) is 0 Å². The summed E-state index contributed by atoms with van der Waals surface area (Å²) in [5.74, 6) is 0. The van der Waals surface area contributed by atoms with Crippen LogP contribution in [0.1, 0.15) is 32.1 Å². The highest BCUT2D eigenvalue weighted by Gasteiger charge is 2.02. The molecular weight excluding hydrogens is 159 g/mol. The second-order valence-electron chi connectivity index (χ2n) is 2.98. The minimum absolute atomic E-state index is 0.335. The maximum atomic E-state index is 12.4. The molecule has 2 nitrogen and oxygen atoms in total. The average Bonchev–Trinajstić information content (AvgIpc) is 2.10. The third kappa shape index (κ3) is 7.95. The molecule has 3 heteroatoms. The Kier molecular flexibility index (Phi) is 8.83. The first-order chi connectivity index (χ1) is 5.81. The molecule has 0 aliphatic carbocycles. The van der Waals surface area contributed by atoms with Gasteiger partial charge in [0.2, 0.25) is 0 Å². The zero-order chi connectivity index (χ0) is 9.23. The SMILES string of the molecule is COCCCCCC[C@H](F)CO. The Morgan fingerprint density at radius 1 is 1.25 bits per heavy atom. The van der Waals surface area contributed by atoms with Gasteiger partial charge in [0.15, 0.2) is 0 Å². The Morgan fingerprint density at radius 2 is 1.92 bits per heavy atom. The van der Waals surface area contributed by atoms with Crippen LogP contribution in [0.4, 0.5) is 4.39 Å². The highest BCUT2D eigenvalue weighted by atomic mass is 19.1. The number of rotatable bonds is 8. The van der Waals surface area contributed by atoms with Crippen LogP contribution >= 0.6 is 0 Å². The van der Waals surface area contributed by atoms with Gasteiger partial charge in [0.1, 0.15) is 6.17 Å². The smallest absolute Gasteiger partial charge is 0.123 e. The van der Waals surface area contributed by atoms with Crippen molar-refractivity contribution in [2.45, 2.75) is 38.3 Å². The van der Waals surface area contributed by atoms with E-state index in [-0.39, 0.29) is 6.61 Å². The fraction of sp³-hybridized carbons (Fsp3) is 1.00. The third-order valence-electron chi connectivity index (χ3n) is 1.81. The van der Waals surface area contributed by atoms with Crippen LogP contribution in [-0.2, 0) is 4.74 Å². The lowest BCUT2D eigenvalue weighted by atomic mass is 10.1. The van der Waals surface area contributed by atoms with Crippen molar-refractivity contribution in [1.82, 2.24) is 0 Å². The summed E-state index contributed by atoms with van der Waals surface area (Å²) in [5.41, 5.74) is 0. The van der Waals surface area contributed by atoms with Crippen LogP contribution in [-0.4, -0.2) is 31.6 Å². The van der Waals surface area contributed by atoms with Crippen molar-refractivity contribution >= 4 is 0 Å². The molecular formula is C9H19FO2. The molecule has 74 valence electrons. The van der Waals surface area contributed by atoms with Gasteiger partial charge in [-0.15, -0.1) is 0 Å². The summed E-state index contributed by atoms with van der Waals surface area (Å²) in [7, 11) is 1.68. The Balaban J connectivity index is 2.90. The van der Waals surface area contributed by atoms with Crippen molar-refractivity contribution in [1.29, 1.82) is 0 Å². The molecule has 0 aromatic rings. The lowest BCUT2D eigenvalue weighted by Gasteiger charge is -2.03. The molecule has 0 aliphatic heterocycles. The number of hydrogen-bond acceptors (Lipinski definition) is 2. The standard InChI is InChI=1S/C9H19FO2/c1-12-7-5-3-2-4-6-9(10)8-11/h9,11H,2-8H2,1H3/t9-/m0/s1. The molecule has 0 rings (SSSR count). The van der Waals surface area contributed by atoms with Gasteiger partial charge in [-0.05, 0) is 12.8 Å². The van der Waals surface area contributed by atoms with Gasteiger partial charge in [-0.3, -0.25) is 0 Å². The molecule has 1 atom stereocenters. The first-order valence-electron chi connectivity index (χ1n) is 4.55. The van der Waals surface area contributed by atoms with Gasteiger partial charge in [-0.25, -0.2) is 4.39 Å². The number of ether oxygens (including phenoxy) is 1. The van der Waals surface area contributed by atoms with E-state index in [1.165, 1.54) is 0 Å². The first-order valence-corrected chi connectivity index (χ1v) is 4.55. The monoisotopic (exact) mass is 178 g/mol. The molecule has 12 heavy (non-hydrogen) atoms. The number of hydrogen-bond donors (Lipinski definition) is 1. The number of aliphatic hydroxyl groups excluding tert-OH is 1.